The van der Waals surface area contributed by atoms with Crippen LogP contribution < -0.4 is 15.8 Å². The first-order chi connectivity index (χ1) is 13.9. The van der Waals surface area contributed by atoms with Crippen molar-refractivity contribution in [1.29, 1.82) is 0 Å². The van der Waals surface area contributed by atoms with E-state index in [0.29, 0.717) is 15.8 Å². The van der Waals surface area contributed by atoms with Crippen molar-refractivity contribution in [1.82, 2.24) is 0 Å². The number of methoxy groups -OCH3 is 1. The third-order valence-corrected chi connectivity index (χ3v) is 5.26. The van der Waals surface area contributed by atoms with E-state index in [0.717, 1.165) is 0 Å². The van der Waals surface area contributed by atoms with Gasteiger partial charge in [-0.2, -0.15) is 0 Å². The highest BCUT2D eigenvalue weighted by Gasteiger charge is 2.34. The van der Waals surface area contributed by atoms with Crippen LogP contribution in [0, 0.1) is 0 Å². The summed E-state index contributed by atoms with van der Waals surface area (Å²) in [5.74, 6) is -0.509. The predicted molar refractivity (Wildman–Crippen MR) is 113 cm³/mol. The van der Waals surface area contributed by atoms with Crippen molar-refractivity contribution in [3.05, 3.63) is 86.9 Å². The lowest BCUT2D eigenvalue weighted by Gasteiger charge is -2.22. The van der Waals surface area contributed by atoms with E-state index in [2.05, 4.69) is 21.2 Å². The molecule has 0 spiro atoms. The number of nitrogens with two attached hydrogens (primary N) is 1. The van der Waals surface area contributed by atoms with Gasteiger partial charge in [-0.1, -0.05) is 15.9 Å². The second-order valence-electron chi connectivity index (χ2n) is 6.48. The Balaban J connectivity index is 1.77. The van der Waals surface area contributed by atoms with Gasteiger partial charge in [-0.05, 0) is 54.6 Å². The zero-order chi connectivity index (χ0) is 20.7. The molecule has 0 saturated carbocycles. The number of amides is 1. The van der Waals surface area contributed by atoms with Crippen molar-refractivity contribution >= 4 is 44.8 Å². The predicted octanol–water partition coefficient (Wildman–Crippen LogP) is 4.07. The molecule has 0 saturated heterocycles. The maximum absolute atomic E-state index is 13.1. The van der Waals surface area contributed by atoms with Crippen LogP contribution in [-0.2, 0) is 0 Å². The summed E-state index contributed by atoms with van der Waals surface area (Å²) in [6.07, 6.45) is 0. The van der Waals surface area contributed by atoms with Crippen molar-refractivity contribution in [3.8, 4) is 5.75 Å². The molecule has 0 radical (unpaired) electrons. The average molecular weight is 451 g/mol. The third-order valence-electron chi connectivity index (χ3n) is 4.76. The molecule has 144 valence electrons. The molecule has 0 aliphatic heterocycles. The zero-order valence-electron chi connectivity index (χ0n) is 15.3. The first-order valence-corrected chi connectivity index (χ1v) is 9.47. The molecule has 3 aromatic rings. The SMILES string of the molecule is COc1ccc(C(=O)Nc2ccc(N)c3c2C(=O)c2ccc(Br)cc2C3=O)cc1. The summed E-state index contributed by atoms with van der Waals surface area (Å²) in [5, 5.41) is 2.73. The van der Waals surface area contributed by atoms with Gasteiger partial charge in [0, 0.05) is 26.9 Å². The number of fused-ring (bicyclic) bond motifs is 2. The van der Waals surface area contributed by atoms with Gasteiger partial charge >= 0.3 is 0 Å². The molecule has 0 fully saturated rings. The summed E-state index contributed by atoms with van der Waals surface area (Å²) >= 11 is 3.32. The van der Waals surface area contributed by atoms with Crippen LogP contribution in [0.1, 0.15) is 42.2 Å². The monoisotopic (exact) mass is 450 g/mol. The number of benzene rings is 3. The van der Waals surface area contributed by atoms with E-state index >= 15 is 0 Å². The van der Waals surface area contributed by atoms with E-state index in [1.54, 1.807) is 42.5 Å². The number of carbonyl (C=O) groups excluding carboxylic acids is 3. The summed E-state index contributed by atoms with van der Waals surface area (Å²) in [6.45, 7) is 0. The maximum atomic E-state index is 13.1. The number of hydrogen-bond donors (Lipinski definition) is 2. The number of carbonyl (C=O) groups is 3. The van der Waals surface area contributed by atoms with Gasteiger partial charge in [0.15, 0.2) is 11.6 Å². The molecule has 3 aromatic carbocycles. The van der Waals surface area contributed by atoms with E-state index in [9.17, 15) is 14.4 Å². The van der Waals surface area contributed by atoms with Crippen molar-refractivity contribution in [2.45, 2.75) is 0 Å². The van der Waals surface area contributed by atoms with Gasteiger partial charge in [0.1, 0.15) is 5.75 Å². The molecule has 7 heteroatoms. The van der Waals surface area contributed by atoms with Crippen molar-refractivity contribution in [2.75, 3.05) is 18.2 Å². The summed E-state index contributed by atoms with van der Waals surface area (Å²) < 4.78 is 5.77. The number of anilines is 2. The fourth-order valence-corrected chi connectivity index (χ4v) is 3.67. The van der Waals surface area contributed by atoms with Crippen LogP contribution >= 0.6 is 15.9 Å². The molecule has 4 rings (SSSR count). The van der Waals surface area contributed by atoms with Gasteiger partial charge in [-0.25, -0.2) is 0 Å². The molecule has 29 heavy (non-hydrogen) atoms. The summed E-state index contributed by atoms with van der Waals surface area (Å²) in [5.41, 5.74) is 7.59. The Kier molecular flexibility index (Phi) is 4.68. The van der Waals surface area contributed by atoms with Crippen LogP contribution in [0.25, 0.3) is 0 Å². The van der Waals surface area contributed by atoms with Gasteiger partial charge in [-0.3, -0.25) is 14.4 Å². The second-order valence-corrected chi connectivity index (χ2v) is 7.40. The Hall–Kier alpha value is -3.45. The van der Waals surface area contributed by atoms with Crippen LogP contribution in [0.4, 0.5) is 11.4 Å². The van der Waals surface area contributed by atoms with E-state index < -0.39 is 5.91 Å². The molecule has 0 bridgehead atoms. The third kappa shape index (κ3) is 3.19. The number of halogens is 1. The summed E-state index contributed by atoms with van der Waals surface area (Å²) in [7, 11) is 1.54. The lowest BCUT2D eigenvalue weighted by Crippen LogP contribution is -2.25. The van der Waals surface area contributed by atoms with E-state index in [1.165, 1.54) is 19.2 Å². The van der Waals surface area contributed by atoms with Crippen LogP contribution in [0.2, 0.25) is 0 Å². The number of hydrogen-bond acceptors (Lipinski definition) is 5. The number of rotatable bonds is 3. The van der Waals surface area contributed by atoms with Gasteiger partial charge in [0.2, 0.25) is 0 Å². The molecule has 3 N–H and O–H groups in total. The molecule has 0 unspecified atom stereocenters. The normalized spacial score (nSPS) is 12.2. The lowest BCUT2D eigenvalue weighted by atomic mass is 9.82. The van der Waals surface area contributed by atoms with Crippen molar-refractivity contribution < 1.29 is 19.1 Å². The zero-order valence-corrected chi connectivity index (χ0v) is 16.9. The first kappa shape index (κ1) is 18.9. The fourth-order valence-electron chi connectivity index (χ4n) is 3.31. The Labute approximate surface area is 174 Å². The van der Waals surface area contributed by atoms with E-state index in [-0.39, 0.29) is 45.2 Å². The summed E-state index contributed by atoms with van der Waals surface area (Å²) in [4.78, 5) is 38.9. The first-order valence-electron chi connectivity index (χ1n) is 8.67. The highest BCUT2D eigenvalue weighted by molar-refractivity contribution is 9.10. The molecule has 0 aromatic heterocycles. The highest BCUT2D eigenvalue weighted by atomic mass is 79.9. The largest absolute Gasteiger partial charge is 0.497 e. The van der Waals surface area contributed by atoms with Gasteiger partial charge in [0.05, 0.1) is 23.9 Å². The topological polar surface area (TPSA) is 98.5 Å². The Morgan fingerprint density at radius 2 is 1.62 bits per heavy atom. The standard InChI is InChI=1S/C22H15BrN2O4/c1-29-13-5-2-11(3-6-13)22(28)25-17-9-8-16(24)18-19(17)20(26)14-7-4-12(23)10-15(14)21(18)27/h2-10H,24H2,1H3,(H,25,28). The van der Waals surface area contributed by atoms with Gasteiger partial charge in [0.25, 0.3) is 5.91 Å². The minimum Gasteiger partial charge on any atom is -0.497 e. The summed E-state index contributed by atoms with van der Waals surface area (Å²) in [6, 6.07) is 14.5. The minimum absolute atomic E-state index is 0.103. The molecule has 1 aliphatic carbocycles. The fraction of sp³-hybridized carbons (Fsp3) is 0.0455. The Morgan fingerprint density at radius 3 is 2.31 bits per heavy atom. The second kappa shape index (κ2) is 7.18. The minimum atomic E-state index is -0.415. The molecule has 1 amide bonds. The van der Waals surface area contributed by atoms with Crippen LogP contribution in [-0.4, -0.2) is 24.6 Å². The lowest BCUT2D eigenvalue weighted by molar-refractivity contribution is 0.0979. The number of nitrogens with one attached hydrogen (secondary N) is 1. The average Bonchev–Trinajstić information content (AvgIpc) is 2.73. The van der Waals surface area contributed by atoms with Crippen LogP contribution in [0.3, 0.4) is 0 Å². The quantitative estimate of drug-likeness (QED) is 0.458. The van der Waals surface area contributed by atoms with E-state index in [4.69, 9.17) is 10.5 Å². The molecule has 0 atom stereocenters. The number of ether oxygens (including phenoxy) is 1. The maximum Gasteiger partial charge on any atom is 0.255 e. The smallest absolute Gasteiger partial charge is 0.255 e. The van der Waals surface area contributed by atoms with Crippen molar-refractivity contribution in [3.63, 3.8) is 0 Å². The molecular weight excluding hydrogens is 436 g/mol. The van der Waals surface area contributed by atoms with Crippen LogP contribution in [0.5, 0.6) is 5.75 Å². The number of ketones is 2. The highest BCUT2D eigenvalue weighted by Crippen LogP contribution is 2.36. The molecule has 6 nitrogen and oxygen atoms in total. The molecule has 0 heterocycles. The Morgan fingerprint density at radius 1 is 0.931 bits per heavy atom. The van der Waals surface area contributed by atoms with Crippen molar-refractivity contribution in [2.24, 2.45) is 0 Å². The van der Waals surface area contributed by atoms with E-state index in [1.807, 2.05) is 0 Å². The van der Waals surface area contributed by atoms with Gasteiger partial charge in [-0.15, -0.1) is 0 Å². The van der Waals surface area contributed by atoms with Gasteiger partial charge < -0.3 is 15.8 Å². The molecule has 1 aliphatic rings. The Bertz CT molecular complexity index is 1190. The number of nitrogen functional groups attached to an aromatic ring is 1. The molecular formula is C22H15BrN2O4. The van der Waals surface area contributed by atoms with Crippen LogP contribution in [0.15, 0.2) is 59.1 Å².